The van der Waals surface area contributed by atoms with E-state index in [1.54, 1.807) is 0 Å². The van der Waals surface area contributed by atoms with Crippen LogP contribution >= 0.6 is 15.9 Å². The van der Waals surface area contributed by atoms with E-state index in [-0.39, 0.29) is 17.6 Å². The van der Waals surface area contributed by atoms with Gasteiger partial charge >= 0.3 is 0 Å². The van der Waals surface area contributed by atoms with E-state index in [4.69, 9.17) is 10.00 Å². The van der Waals surface area contributed by atoms with Crippen LogP contribution in [0.3, 0.4) is 0 Å². The van der Waals surface area contributed by atoms with Crippen molar-refractivity contribution < 1.29 is 9.53 Å². The molecule has 1 heterocycles. The molecule has 0 aromatic heterocycles. The molecular formula is C17H20BrN3O2. The lowest BCUT2D eigenvalue weighted by Gasteiger charge is -2.10. The number of halogens is 1. The summed E-state index contributed by atoms with van der Waals surface area (Å²) in [7, 11) is 0. The van der Waals surface area contributed by atoms with Crippen molar-refractivity contribution >= 4 is 21.8 Å². The first kappa shape index (κ1) is 17.5. The van der Waals surface area contributed by atoms with E-state index in [1.807, 2.05) is 30.3 Å². The molecule has 1 unspecified atom stereocenters. The van der Waals surface area contributed by atoms with E-state index >= 15 is 0 Å². The molecule has 0 radical (unpaired) electrons. The lowest BCUT2D eigenvalue weighted by Crippen LogP contribution is -2.33. The summed E-state index contributed by atoms with van der Waals surface area (Å²) in [5.74, 6) is -0.364. The molecule has 1 fully saturated rings. The van der Waals surface area contributed by atoms with Crippen molar-refractivity contribution in [2.75, 3.05) is 19.7 Å². The number of ether oxygens (including phenoxy) is 1. The predicted octanol–water partition coefficient (Wildman–Crippen LogP) is 2.28. The second-order valence-electron chi connectivity index (χ2n) is 5.31. The van der Waals surface area contributed by atoms with Crippen molar-refractivity contribution in [1.29, 1.82) is 5.26 Å². The smallest absolute Gasteiger partial charge is 0.263 e. The molecule has 1 aromatic carbocycles. The van der Waals surface area contributed by atoms with Gasteiger partial charge in [-0.15, -0.1) is 0 Å². The van der Waals surface area contributed by atoms with Gasteiger partial charge in [0.2, 0.25) is 0 Å². The first-order valence-corrected chi connectivity index (χ1v) is 8.47. The van der Waals surface area contributed by atoms with Gasteiger partial charge in [0.1, 0.15) is 11.6 Å². The van der Waals surface area contributed by atoms with Crippen LogP contribution < -0.4 is 10.6 Å². The Morgan fingerprint density at radius 3 is 3.00 bits per heavy atom. The van der Waals surface area contributed by atoms with Gasteiger partial charge in [-0.25, -0.2) is 0 Å². The summed E-state index contributed by atoms with van der Waals surface area (Å²) < 4.78 is 6.49. The Hall–Kier alpha value is -1.84. The predicted molar refractivity (Wildman–Crippen MR) is 91.5 cm³/mol. The van der Waals surface area contributed by atoms with E-state index in [2.05, 4.69) is 26.6 Å². The molecule has 6 heteroatoms. The Kier molecular flexibility index (Phi) is 7.11. The third-order valence-electron chi connectivity index (χ3n) is 3.62. The Morgan fingerprint density at radius 1 is 1.48 bits per heavy atom. The Bertz CT molecular complexity index is 604. The number of benzene rings is 1. The lowest BCUT2D eigenvalue weighted by atomic mass is 10.1. The molecule has 1 atom stereocenters. The van der Waals surface area contributed by atoms with Crippen molar-refractivity contribution in [1.82, 2.24) is 10.6 Å². The van der Waals surface area contributed by atoms with Crippen molar-refractivity contribution in [2.45, 2.75) is 25.4 Å². The summed E-state index contributed by atoms with van der Waals surface area (Å²) in [6.07, 6.45) is 4.33. The average molecular weight is 378 g/mol. The molecular weight excluding hydrogens is 358 g/mol. The molecule has 23 heavy (non-hydrogen) atoms. The summed E-state index contributed by atoms with van der Waals surface area (Å²) in [5, 5.41) is 14.9. The molecule has 0 saturated carbocycles. The van der Waals surface area contributed by atoms with Crippen LogP contribution in [-0.4, -0.2) is 31.7 Å². The number of nitrogens with one attached hydrogen (secondary N) is 2. The molecule has 1 aliphatic rings. The maximum Gasteiger partial charge on any atom is 0.263 e. The van der Waals surface area contributed by atoms with Gasteiger partial charge in [0, 0.05) is 30.4 Å². The second-order valence-corrected chi connectivity index (χ2v) is 6.16. The normalized spacial score (nSPS) is 17.6. The highest BCUT2D eigenvalue weighted by atomic mass is 79.9. The summed E-state index contributed by atoms with van der Waals surface area (Å²) in [4.78, 5) is 11.9. The third-order valence-corrected chi connectivity index (χ3v) is 4.40. The van der Waals surface area contributed by atoms with Crippen LogP contribution in [0, 0.1) is 11.3 Å². The summed E-state index contributed by atoms with van der Waals surface area (Å²) >= 11 is 3.50. The highest BCUT2D eigenvalue weighted by Gasteiger charge is 2.17. The number of carbonyl (C=O) groups excluding carboxylic acids is 1. The molecule has 0 bridgehead atoms. The maximum atomic E-state index is 11.9. The third kappa shape index (κ3) is 5.70. The standard InChI is InChI=1S/C17H20BrN3O2/c18-16-6-2-1-4-13(16)7-8-20-11-14(10-19)17(22)21-12-15-5-3-9-23-15/h1-2,4,6,11,15,20H,3,5,7-9,12H2,(H,21,22)/b14-11-. The van der Waals surface area contributed by atoms with Gasteiger partial charge < -0.3 is 15.4 Å². The first-order valence-electron chi connectivity index (χ1n) is 7.67. The van der Waals surface area contributed by atoms with E-state index < -0.39 is 0 Å². The van der Waals surface area contributed by atoms with E-state index in [9.17, 15) is 4.79 Å². The van der Waals surface area contributed by atoms with Crippen LogP contribution in [0.2, 0.25) is 0 Å². The Balaban J connectivity index is 1.75. The van der Waals surface area contributed by atoms with Gasteiger partial charge in [0.15, 0.2) is 0 Å². The van der Waals surface area contributed by atoms with Crippen LogP contribution in [0.15, 0.2) is 40.5 Å². The monoisotopic (exact) mass is 377 g/mol. The molecule has 1 aliphatic heterocycles. The number of rotatable bonds is 7. The summed E-state index contributed by atoms with van der Waals surface area (Å²) in [6.45, 7) is 1.85. The molecule has 1 amide bonds. The van der Waals surface area contributed by atoms with Crippen molar-refractivity contribution in [3.8, 4) is 6.07 Å². The average Bonchev–Trinajstić information content (AvgIpc) is 3.08. The molecule has 2 rings (SSSR count). The topological polar surface area (TPSA) is 74.2 Å². The zero-order valence-corrected chi connectivity index (χ0v) is 14.4. The quantitative estimate of drug-likeness (QED) is 0.434. The van der Waals surface area contributed by atoms with Gasteiger partial charge in [0.25, 0.3) is 5.91 Å². The van der Waals surface area contributed by atoms with Gasteiger partial charge in [-0.1, -0.05) is 34.1 Å². The van der Waals surface area contributed by atoms with Crippen molar-refractivity contribution in [3.63, 3.8) is 0 Å². The Labute approximate surface area is 144 Å². The number of amides is 1. The minimum atomic E-state index is -0.364. The highest BCUT2D eigenvalue weighted by Crippen LogP contribution is 2.15. The van der Waals surface area contributed by atoms with E-state index in [0.29, 0.717) is 13.1 Å². The molecule has 122 valence electrons. The minimum absolute atomic E-state index is 0.0716. The van der Waals surface area contributed by atoms with Crippen molar-refractivity contribution in [2.24, 2.45) is 0 Å². The molecule has 1 saturated heterocycles. The second kappa shape index (κ2) is 9.33. The lowest BCUT2D eigenvalue weighted by molar-refractivity contribution is -0.117. The van der Waals surface area contributed by atoms with Crippen LogP contribution in [-0.2, 0) is 16.0 Å². The molecule has 0 aliphatic carbocycles. The Morgan fingerprint density at radius 2 is 2.30 bits per heavy atom. The highest BCUT2D eigenvalue weighted by molar-refractivity contribution is 9.10. The SMILES string of the molecule is N#C/C(=C/NCCc1ccccc1Br)C(=O)NCC1CCCO1. The minimum Gasteiger partial charge on any atom is -0.389 e. The first-order chi connectivity index (χ1) is 11.2. The van der Waals surface area contributed by atoms with E-state index in [1.165, 1.54) is 11.8 Å². The zero-order chi connectivity index (χ0) is 16.5. The number of hydrogen-bond acceptors (Lipinski definition) is 4. The molecule has 2 N–H and O–H groups in total. The number of hydrogen-bond donors (Lipinski definition) is 2. The van der Waals surface area contributed by atoms with Gasteiger partial charge in [-0.3, -0.25) is 4.79 Å². The van der Waals surface area contributed by atoms with Gasteiger partial charge in [-0.2, -0.15) is 5.26 Å². The molecule has 1 aromatic rings. The summed E-state index contributed by atoms with van der Waals surface area (Å²) in [6, 6.07) is 9.90. The maximum absolute atomic E-state index is 11.9. The molecule has 5 nitrogen and oxygen atoms in total. The molecule has 0 spiro atoms. The fraction of sp³-hybridized carbons (Fsp3) is 0.412. The fourth-order valence-corrected chi connectivity index (χ4v) is 2.82. The number of nitriles is 1. The van der Waals surface area contributed by atoms with Gasteiger partial charge in [0.05, 0.1) is 6.10 Å². The van der Waals surface area contributed by atoms with Crippen molar-refractivity contribution in [3.05, 3.63) is 46.1 Å². The zero-order valence-electron chi connectivity index (χ0n) is 12.8. The summed E-state index contributed by atoms with van der Waals surface area (Å²) in [5.41, 5.74) is 1.25. The van der Waals surface area contributed by atoms with Gasteiger partial charge in [-0.05, 0) is 30.9 Å². The fourth-order valence-electron chi connectivity index (χ4n) is 2.34. The number of nitrogens with zero attached hydrogens (tertiary/aromatic N) is 1. The largest absolute Gasteiger partial charge is 0.389 e. The van der Waals surface area contributed by atoms with Crippen LogP contribution in [0.25, 0.3) is 0 Å². The van der Waals surface area contributed by atoms with Crippen LogP contribution in [0.5, 0.6) is 0 Å². The van der Waals surface area contributed by atoms with E-state index in [0.717, 1.165) is 30.3 Å². The van der Waals surface area contributed by atoms with Crippen LogP contribution in [0.1, 0.15) is 18.4 Å². The number of carbonyl (C=O) groups is 1. The van der Waals surface area contributed by atoms with Crippen LogP contribution in [0.4, 0.5) is 0 Å².